The zero-order valence-corrected chi connectivity index (χ0v) is 14.3. The molecular weight excluding hydrogens is 325 g/mol. The third-order valence-electron chi connectivity index (χ3n) is 3.26. The van der Waals surface area contributed by atoms with Gasteiger partial charge in [-0.05, 0) is 32.3 Å². The van der Waals surface area contributed by atoms with Gasteiger partial charge in [-0.3, -0.25) is 9.63 Å². The first kappa shape index (κ1) is 22.8. The Morgan fingerprint density at radius 1 is 1.42 bits per heavy atom. The normalized spacial score (nSPS) is 15.9. The highest BCUT2D eigenvalue weighted by molar-refractivity contribution is 5.73. The highest BCUT2D eigenvalue weighted by Crippen LogP contribution is 2.15. The fraction of sp³-hybridized carbons (Fsp3) is 0.688. The van der Waals surface area contributed by atoms with Crippen molar-refractivity contribution in [1.82, 2.24) is 10.6 Å². The Morgan fingerprint density at radius 3 is 2.54 bits per heavy atom. The minimum atomic E-state index is -4.42. The van der Waals surface area contributed by atoms with Crippen LogP contribution in [-0.4, -0.2) is 48.5 Å². The molecular formula is C16H27F3N2O3. The van der Waals surface area contributed by atoms with Crippen LogP contribution in [0, 0.1) is 5.92 Å². The molecule has 2 unspecified atom stereocenters. The topological polar surface area (TPSA) is 61.8 Å². The maximum Gasteiger partial charge on any atom is 0.413 e. The van der Waals surface area contributed by atoms with Crippen LogP contribution < -0.4 is 5.43 Å². The molecule has 2 N–H and O–H groups in total. The summed E-state index contributed by atoms with van der Waals surface area (Å²) in [4.78, 5) is 15.8. The molecule has 0 aromatic heterocycles. The number of aliphatic hydroxyl groups excluding tert-OH is 1. The van der Waals surface area contributed by atoms with Crippen LogP contribution in [0.5, 0.6) is 0 Å². The smallest absolute Gasteiger partial charge is 0.393 e. The number of rotatable bonds is 12. The quantitative estimate of drug-likeness (QED) is 0.245. The number of aliphatic hydroxyl groups is 1. The van der Waals surface area contributed by atoms with E-state index in [9.17, 15) is 23.1 Å². The maximum atomic E-state index is 12.2. The Labute approximate surface area is 141 Å². The van der Waals surface area contributed by atoms with Gasteiger partial charge < -0.3 is 5.11 Å². The molecule has 0 amide bonds. The second-order valence-corrected chi connectivity index (χ2v) is 5.35. The van der Waals surface area contributed by atoms with Crippen molar-refractivity contribution in [1.29, 1.82) is 0 Å². The van der Waals surface area contributed by atoms with Crippen molar-refractivity contribution in [2.75, 3.05) is 19.7 Å². The Morgan fingerprint density at radius 2 is 2.08 bits per heavy atom. The third kappa shape index (κ3) is 11.3. The molecule has 0 radical (unpaired) electrons. The van der Waals surface area contributed by atoms with Crippen molar-refractivity contribution in [3.63, 3.8) is 0 Å². The summed E-state index contributed by atoms with van der Waals surface area (Å²) < 4.78 is 36.7. The molecule has 0 aromatic carbocycles. The molecule has 0 saturated heterocycles. The van der Waals surface area contributed by atoms with Crippen LogP contribution in [0.25, 0.3) is 0 Å². The van der Waals surface area contributed by atoms with Crippen molar-refractivity contribution >= 4 is 6.29 Å². The standard InChI is InChI=1S/C16H27F3N2O3/c1-4-6-9-21(24-12-16(17,18)19)20-8-7-14(11-22)10-15(5-2)13(3)23/h4,6,10-11,13,15,20,23H,5,7-9,12H2,1-3H3/b6-4-,14-10+. The summed E-state index contributed by atoms with van der Waals surface area (Å²) in [7, 11) is 0. The van der Waals surface area contributed by atoms with Crippen LogP contribution in [0.3, 0.4) is 0 Å². The fourth-order valence-electron chi connectivity index (χ4n) is 1.89. The Bertz CT molecular complexity index is 410. The number of hydrogen-bond acceptors (Lipinski definition) is 5. The predicted molar refractivity (Wildman–Crippen MR) is 85.8 cm³/mol. The lowest BCUT2D eigenvalue weighted by molar-refractivity contribution is -0.266. The van der Waals surface area contributed by atoms with E-state index < -0.39 is 18.9 Å². The Hall–Kier alpha value is -1.22. The summed E-state index contributed by atoms with van der Waals surface area (Å²) in [5.74, 6) is -0.134. The molecule has 2 atom stereocenters. The second kappa shape index (κ2) is 12.2. The molecule has 0 aliphatic carbocycles. The number of carbonyl (C=O) groups excluding carboxylic acids is 1. The number of nitrogens with zero attached hydrogens (tertiary/aromatic N) is 1. The van der Waals surface area contributed by atoms with Gasteiger partial charge in [0.25, 0.3) is 0 Å². The number of carbonyl (C=O) groups is 1. The van der Waals surface area contributed by atoms with Crippen LogP contribution in [0.1, 0.15) is 33.6 Å². The number of hydroxylamine groups is 1. The summed E-state index contributed by atoms with van der Waals surface area (Å²) in [6, 6.07) is 0. The largest absolute Gasteiger partial charge is 0.413 e. The van der Waals surface area contributed by atoms with E-state index in [0.717, 1.165) is 5.17 Å². The van der Waals surface area contributed by atoms with Crippen molar-refractivity contribution in [3.05, 3.63) is 23.8 Å². The van der Waals surface area contributed by atoms with Gasteiger partial charge in [0.05, 0.1) is 12.6 Å². The van der Waals surface area contributed by atoms with Crippen LogP contribution in [-0.2, 0) is 9.63 Å². The van der Waals surface area contributed by atoms with Gasteiger partial charge in [0, 0.05) is 12.5 Å². The van der Waals surface area contributed by atoms with Crippen LogP contribution in [0.2, 0.25) is 0 Å². The molecule has 8 heteroatoms. The lowest BCUT2D eigenvalue weighted by Crippen LogP contribution is -2.41. The first-order valence-electron chi connectivity index (χ1n) is 7.89. The van der Waals surface area contributed by atoms with E-state index in [-0.39, 0.29) is 19.0 Å². The summed E-state index contributed by atoms with van der Waals surface area (Å²) >= 11 is 0. The lowest BCUT2D eigenvalue weighted by Gasteiger charge is -2.22. The van der Waals surface area contributed by atoms with Crippen molar-refractivity contribution in [3.8, 4) is 0 Å². The lowest BCUT2D eigenvalue weighted by atomic mass is 9.97. The van der Waals surface area contributed by atoms with Gasteiger partial charge in [-0.1, -0.05) is 25.2 Å². The van der Waals surface area contributed by atoms with Crippen LogP contribution in [0.15, 0.2) is 23.8 Å². The van der Waals surface area contributed by atoms with Gasteiger partial charge >= 0.3 is 6.18 Å². The maximum absolute atomic E-state index is 12.2. The van der Waals surface area contributed by atoms with E-state index in [1.54, 1.807) is 32.1 Å². The van der Waals surface area contributed by atoms with Crippen molar-refractivity contribution < 1.29 is 27.9 Å². The minimum absolute atomic E-state index is 0.134. The number of hydrogen-bond donors (Lipinski definition) is 2. The average Bonchev–Trinajstić information content (AvgIpc) is 2.51. The highest BCUT2D eigenvalue weighted by Gasteiger charge is 2.29. The van der Waals surface area contributed by atoms with E-state index in [1.165, 1.54) is 0 Å². The van der Waals surface area contributed by atoms with E-state index in [0.29, 0.717) is 24.7 Å². The number of allylic oxidation sites excluding steroid dienone is 1. The van der Waals surface area contributed by atoms with Gasteiger partial charge in [0.15, 0.2) is 6.61 Å². The van der Waals surface area contributed by atoms with Gasteiger partial charge in [-0.15, -0.1) is 5.17 Å². The number of nitrogens with one attached hydrogen (secondary N) is 1. The molecule has 5 nitrogen and oxygen atoms in total. The zero-order valence-electron chi connectivity index (χ0n) is 14.3. The molecule has 140 valence electrons. The molecule has 0 bridgehead atoms. The highest BCUT2D eigenvalue weighted by atomic mass is 19.4. The molecule has 0 aliphatic rings. The summed E-state index contributed by atoms with van der Waals surface area (Å²) in [5, 5.41) is 10.6. The van der Waals surface area contributed by atoms with Crippen LogP contribution in [0.4, 0.5) is 13.2 Å². The average molecular weight is 352 g/mol. The molecule has 0 aliphatic heterocycles. The number of aldehydes is 1. The summed E-state index contributed by atoms with van der Waals surface area (Å²) in [5.41, 5.74) is 3.19. The first-order chi connectivity index (χ1) is 11.2. The fourth-order valence-corrected chi connectivity index (χ4v) is 1.89. The number of hydrazine groups is 1. The van der Waals surface area contributed by atoms with E-state index in [4.69, 9.17) is 0 Å². The van der Waals surface area contributed by atoms with Gasteiger partial charge in [-0.25, -0.2) is 5.43 Å². The Kier molecular flexibility index (Phi) is 11.6. The molecule has 0 aromatic rings. The van der Waals surface area contributed by atoms with E-state index in [1.807, 2.05) is 6.92 Å². The van der Waals surface area contributed by atoms with Crippen molar-refractivity contribution in [2.45, 2.75) is 45.9 Å². The molecule has 0 spiro atoms. The molecule has 0 saturated carbocycles. The SMILES string of the molecule is C/C=C\CN(NCC/C(C=O)=C\C(CC)C(C)O)OCC(F)(F)F. The Balaban J connectivity index is 4.55. The van der Waals surface area contributed by atoms with Gasteiger partial charge in [0.1, 0.15) is 6.29 Å². The molecule has 24 heavy (non-hydrogen) atoms. The van der Waals surface area contributed by atoms with Crippen molar-refractivity contribution in [2.24, 2.45) is 5.92 Å². The van der Waals surface area contributed by atoms with E-state index >= 15 is 0 Å². The van der Waals surface area contributed by atoms with Gasteiger partial charge in [0.2, 0.25) is 0 Å². The number of halogens is 3. The van der Waals surface area contributed by atoms with E-state index in [2.05, 4.69) is 10.3 Å². The third-order valence-corrected chi connectivity index (χ3v) is 3.26. The first-order valence-corrected chi connectivity index (χ1v) is 7.89. The summed E-state index contributed by atoms with van der Waals surface area (Å²) in [6.45, 7) is 4.27. The molecule has 0 fully saturated rings. The monoisotopic (exact) mass is 352 g/mol. The molecule has 0 rings (SSSR count). The second-order valence-electron chi connectivity index (χ2n) is 5.35. The minimum Gasteiger partial charge on any atom is -0.393 e. The summed E-state index contributed by atoms with van der Waals surface area (Å²) in [6.07, 6.45) is 1.73. The van der Waals surface area contributed by atoms with Crippen LogP contribution >= 0.6 is 0 Å². The predicted octanol–water partition coefficient (Wildman–Crippen LogP) is 2.79. The van der Waals surface area contributed by atoms with Gasteiger partial charge in [-0.2, -0.15) is 13.2 Å². The zero-order chi connectivity index (χ0) is 18.6. The number of alkyl halides is 3. The molecule has 0 heterocycles.